The van der Waals surface area contributed by atoms with Crippen molar-refractivity contribution >= 4 is 17.7 Å². The summed E-state index contributed by atoms with van der Waals surface area (Å²) in [4.78, 5) is 6.81. The molecule has 1 fully saturated rings. The van der Waals surface area contributed by atoms with Gasteiger partial charge in [0.2, 0.25) is 0 Å². The lowest BCUT2D eigenvalue weighted by Crippen LogP contribution is -2.46. The van der Waals surface area contributed by atoms with E-state index >= 15 is 0 Å². The molecule has 0 spiro atoms. The van der Waals surface area contributed by atoms with Gasteiger partial charge in [-0.3, -0.25) is 4.99 Å². The molecule has 2 N–H and O–H groups in total. The molecule has 1 aliphatic carbocycles. The van der Waals surface area contributed by atoms with Crippen LogP contribution in [0.4, 0.5) is 0 Å². The van der Waals surface area contributed by atoms with Gasteiger partial charge in [0.05, 0.1) is 12.6 Å². The molecule has 1 saturated carbocycles. The standard InChI is InChI=1S/C11H21N3S/c1-15-7-6-10-8-13-11(12)14(10)9-4-2-3-5-9/h9-10H,2-8H2,1H3,(H2,12,13). The monoisotopic (exact) mass is 227 g/mol. The molecule has 0 radical (unpaired) electrons. The molecule has 0 aromatic rings. The summed E-state index contributed by atoms with van der Waals surface area (Å²) in [5.74, 6) is 2.02. The van der Waals surface area contributed by atoms with Gasteiger partial charge in [-0.25, -0.2) is 0 Å². The van der Waals surface area contributed by atoms with E-state index in [9.17, 15) is 0 Å². The van der Waals surface area contributed by atoms with Gasteiger partial charge >= 0.3 is 0 Å². The number of hydrogen-bond donors (Lipinski definition) is 1. The molecule has 1 heterocycles. The summed E-state index contributed by atoms with van der Waals surface area (Å²) in [7, 11) is 0. The number of guanidine groups is 1. The zero-order chi connectivity index (χ0) is 10.7. The van der Waals surface area contributed by atoms with Crippen LogP contribution < -0.4 is 5.73 Å². The molecule has 2 aliphatic rings. The first kappa shape index (κ1) is 11.1. The average Bonchev–Trinajstić information content (AvgIpc) is 2.84. The van der Waals surface area contributed by atoms with Crippen molar-refractivity contribution in [3.8, 4) is 0 Å². The van der Waals surface area contributed by atoms with Crippen LogP contribution >= 0.6 is 11.8 Å². The van der Waals surface area contributed by atoms with E-state index in [1.165, 1.54) is 37.9 Å². The van der Waals surface area contributed by atoms with Crippen molar-refractivity contribution in [3.05, 3.63) is 0 Å². The summed E-state index contributed by atoms with van der Waals surface area (Å²) in [5, 5.41) is 0. The molecule has 2 rings (SSSR count). The van der Waals surface area contributed by atoms with Crippen LogP contribution in [0.25, 0.3) is 0 Å². The fourth-order valence-corrected chi connectivity index (χ4v) is 3.22. The molecule has 0 bridgehead atoms. The molecule has 1 aliphatic heterocycles. The predicted octanol–water partition coefficient (Wildman–Crippen LogP) is 1.68. The van der Waals surface area contributed by atoms with E-state index < -0.39 is 0 Å². The molecule has 86 valence electrons. The topological polar surface area (TPSA) is 41.6 Å². The fourth-order valence-electron chi connectivity index (χ4n) is 2.71. The molecule has 15 heavy (non-hydrogen) atoms. The van der Waals surface area contributed by atoms with Crippen molar-refractivity contribution < 1.29 is 0 Å². The minimum Gasteiger partial charge on any atom is -0.370 e. The number of nitrogens with two attached hydrogens (primary N) is 1. The summed E-state index contributed by atoms with van der Waals surface area (Å²) in [5.41, 5.74) is 5.99. The van der Waals surface area contributed by atoms with Crippen molar-refractivity contribution in [2.45, 2.75) is 44.2 Å². The van der Waals surface area contributed by atoms with Crippen LogP contribution in [0, 0.1) is 0 Å². The molecule has 0 saturated heterocycles. The summed E-state index contributed by atoms with van der Waals surface area (Å²) in [6.45, 7) is 0.920. The first-order valence-corrected chi connectivity index (χ1v) is 7.29. The second kappa shape index (κ2) is 5.10. The van der Waals surface area contributed by atoms with Gasteiger partial charge in [-0.05, 0) is 31.3 Å². The Morgan fingerprint density at radius 1 is 1.47 bits per heavy atom. The van der Waals surface area contributed by atoms with Gasteiger partial charge in [-0.2, -0.15) is 11.8 Å². The number of aliphatic imine (C=N–C) groups is 1. The van der Waals surface area contributed by atoms with Gasteiger partial charge in [-0.15, -0.1) is 0 Å². The van der Waals surface area contributed by atoms with E-state index in [0.717, 1.165) is 12.5 Å². The van der Waals surface area contributed by atoms with Gasteiger partial charge in [0, 0.05) is 6.04 Å². The molecule has 0 aromatic carbocycles. The SMILES string of the molecule is CSCCC1CN=C(N)N1C1CCCC1. The molecular weight excluding hydrogens is 206 g/mol. The lowest BCUT2D eigenvalue weighted by molar-refractivity contribution is 0.255. The van der Waals surface area contributed by atoms with E-state index in [1.807, 2.05) is 11.8 Å². The van der Waals surface area contributed by atoms with E-state index in [0.29, 0.717) is 12.1 Å². The highest BCUT2D eigenvalue weighted by Gasteiger charge is 2.33. The minimum absolute atomic E-state index is 0.584. The second-order valence-corrected chi connectivity index (χ2v) is 5.47. The number of rotatable bonds is 4. The highest BCUT2D eigenvalue weighted by molar-refractivity contribution is 7.98. The normalized spacial score (nSPS) is 27.4. The smallest absolute Gasteiger partial charge is 0.191 e. The molecule has 1 atom stereocenters. The highest BCUT2D eigenvalue weighted by Crippen LogP contribution is 2.28. The Morgan fingerprint density at radius 3 is 2.87 bits per heavy atom. The number of hydrogen-bond acceptors (Lipinski definition) is 4. The lowest BCUT2D eigenvalue weighted by atomic mass is 10.1. The van der Waals surface area contributed by atoms with Gasteiger partial charge in [0.15, 0.2) is 5.96 Å². The van der Waals surface area contributed by atoms with Crippen molar-refractivity contribution in [1.82, 2.24) is 4.90 Å². The van der Waals surface area contributed by atoms with Crippen LogP contribution in [0.3, 0.4) is 0 Å². The summed E-state index contributed by atoms with van der Waals surface area (Å²) in [6.07, 6.45) is 8.74. The largest absolute Gasteiger partial charge is 0.370 e. The van der Waals surface area contributed by atoms with Crippen LogP contribution in [0.15, 0.2) is 4.99 Å². The molecule has 0 amide bonds. The van der Waals surface area contributed by atoms with Crippen LogP contribution in [0.2, 0.25) is 0 Å². The van der Waals surface area contributed by atoms with Crippen molar-refractivity contribution in [2.75, 3.05) is 18.6 Å². The number of thioether (sulfide) groups is 1. The number of nitrogens with zero attached hydrogens (tertiary/aromatic N) is 2. The lowest BCUT2D eigenvalue weighted by Gasteiger charge is -2.32. The van der Waals surface area contributed by atoms with Crippen LogP contribution in [0.5, 0.6) is 0 Å². The van der Waals surface area contributed by atoms with Crippen LogP contribution in [-0.2, 0) is 0 Å². The zero-order valence-electron chi connectivity index (χ0n) is 9.48. The minimum atomic E-state index is 0.584. The maximum absolute atomic E-state index is 5.99. The zero-order valence-corrected chi connectivity index (χ0v) is 10.3. The molecule has 4 heteroatoms. The molecule has 3 nitrogen and oxygen atoms in total. The third-order valence-electron chi connectivity index (χ3n) is 3.50. The summed E-state index contributed by atoms with van der Waals surface area (Å²) >= 11 is 1.92. The maximum atomic E-state index is 5.99. The third kappa shape index (κ3) is 2.41. The summed E-state index contributed by atoms with van der Waals surface area (Å²) in [6, 6.07) is 1.27. The average molecular weight is 227 g/mol. The quantitative estimate of drug-likeness (QED) is 0.794. The van der Waals surface area contributed by atoms with Gasteiger partial charge < -0.3 is 10.6 Å². The Labute approximate surface area is 96.5 Å². The second-order valence-electron chi connectivity index (χ2n) is 4.48. The Bertz CT molecular complexity index is 236. The van der Waals surface area contributed by atoms with Crippen LogP contribution in [-0.4, -0.2) is 41.5 Å². The fraction of sp³-hybridized carbons (Fsp3) is 0.909. The highest BCUT2D eigenvalue weighted by atomic mass is 32.2. The Hall–Kier alpha value is -0.380. The molecule has 1 unspecified atom stereocenters. The first-order valence-electron chi connectivity index (χ1n) is 5.90. The predicted molar refractivity (Wildman–Crippen MR) is 67.4 cm³/mol. The Morgan fingerprint density at radius 2 is 2.20 bits per heavy atom. The van der Waals surface area contributed by atoms with E-state index in [1.54, 1.807) is 0 Å². The third-order valence-corrected chi connectivity index (χ3v) is 4.14. The van der Waals surface area contributed by atoms with E-state index in [4.69, 9.17) is 5.73 Å². The van der Waals surface area contributed by atoms with Crippen molar-refractivity contribution in [3.63, 3.8) is 0 Å². The molecule has 0 aromatic heterocycles. The van der Waals surface area contributed by atoms with Gasteiger partial charge in [0.1, 0.15) is 0 Å². The van der Waals surface area contributed by atoms with E-state index in [-0.39, 0.29) is 0 Å². The first-order chi connectivity index (χ1) is 7.33. The van der Waals surface area contributed by atoms with Crippen molar-refractivity contribution in [1.29, 1.82) is 0 Å². The Kier molecular flexibility index (Phi) is 3.78. The van der Waals surface area contributed by atoms with E-state index in [2.05, 4.69) is 16.1 Å². The summed E-state index contributed by atoms with van der Waals surface area (Å²) < 4.78 is 0. The van der Waals surface area contributed by atoms with Crippen molar-refractivity contribution in [2.24, 2.45) is 10.7 Å². The van der Waals surface area contributed by atoms with Crippen LogP contribution in [0.1, 0.15) is 32.1 Å². The Balaban J connectivity index is 1.94. The molecular formula is C11H21N3S. The van der Waals surface area contributed by atoms with Gasteiger partial charge in [0.25, 0.3) is 0 Å². The maximum Gasteiger partial charge on any atom is 0.191 e. The van der Waals surface area contributed by atoms with Gasteiger partial charge in [-0.1, -0.05) is 12.8 Å².